The molecule has 0 radical (unpaired) electrons. The molecule has 0 fully saturated rings. The van der Waals surface area contributed by atoms with Crippen molar-refractivity contribution in [1.29, 1.82) is 0 Å². The number of anilines is 4. The Balaban J connectivity index is 1.22. The number of carboxylic acid groups (broad SMARTS) is 2. The number of benzene rings is 5. The Morgan fingerprint density at radius 1 is 0.490 bits per heavy atom. The van der Waals surface area contributed by atoms with Crippen LogP contribution >= 0.6 is 0 Å². The standard InChI is InChI=1S/C39H32N4O8/c1-22(44)31-16-6-23(19-33(31)38(48)49)18-24-7-17-32(34(20-24)39(50)51)37(47)41-28-14-10-26(11-15-28)36(46)43-30-5-3-4-29(21-30)42-35(45)25-8-12-27(40-2)13-9-25/h3-17,19-21,40H,18H2,1-2H3,(H,41,47)(H,42,45)(H,43,46)(H,48,49)(H,50,51). The largest absolute Gasteiger partial charge is 0.478 e. The number of ketones is 1. The summed E-state index contributed by atoms with van der Waals surface area (Å²) < 4.78 is 0. The number of hydrogen-bond donors (Lipinski definition) is 6. The molecule has 3 amide bonds. The molecule has 0 spiro atoms. The van der Waals surface area contributed by atoms with Crippen LogP contribution < -0.4 is 21.3 Å². The number of carbonyl (C=O) groups is 6. The third kappa shape index (κ3) is 8.69. The van der Waals surface area contributed by atoms with Crippen molar-refractivity contribution in [3.8, 4) is 0 Å². The number of rotatable bonds is 12. The Bertz CT molecular complexity index is 2180. The summed E-state index contributed by atoms with van der Waals surface area (Å²) in [5.41, 5.74) is 3.48. The van der Waals surface area contributed by atoms with E-state index in [1.807, 2.05) is 0 Å². The van der Waals surface area contributed by atoms with Crippen molar-refractivity contribution in [2.45, 2.75) is 13.3 Å². The first kappa shape index (κ1) is 35.2. The second-order valence-electron chi connectivity index (χ2n) is 11.5. The SMILES string of the molecule is CNc1ccc(C(=O)Nc2cccc(NC(=O)c3ccc(NC(=O)c4ccc(Cc5ccc(C(C)=O)c(C(=O)O)c5)cc4C(=O)O)cc3)c2)cc1. The summed E-state index contributed by atoms with van der Waals surface area (Å²) in [6.07, 6.45) is 0.161. The van der Waals surface area contributed by atoms with Crippen LogP contribution in [0.15, 0.2) is 109 Å². The van der Waals surface area contributed by atoms with Gasteiger partial charge in [-0.15, -0.1) is 0 Å². The van der Waals surface area contributed by atoms with Gasteiger partial charge in [0.05, 0.1) is 16.7 Å². The first-order valence-electron chi connectivity index (χ1n) is 15.6. The molecule has 5 rings (SSSR count). The van der Waals surface area contributed by atoms with E-state index in [1.54, 1.807) is 67.7 Å². The highest BCUT2D eigenvalue weighted by atomic mass is 16.4. The second kappa shape index (κ2) is 15.4. The molecule has 0 saturated heterocycles. The zero-order valence-electron chi connectivity index (χ0n) is 27.4. The zero-order valence-corrected chi connectivity index (χ0v) is 27.4. The van der Waals surface area contributed by atoms with Gasteiger partial charge in [0.1, 0.15) is 0 Å². The first-order chi connectivity index (χ1) is 24.4. The van der Waals surface area contributed by atoms with Gasteiger partial charge in [-0.1, -0.05) is 24.3 Å². The molecule has 0 aliphatic heterocycles. The summed E-state index contributed by atoms with van der Waals surface area (Å²) in [5, 5.41) is 30.6. The Morgan fingerprint density at radius 3 is 1.41 bits per heavy atom. The van der Waals surface area contributed by atoms with Crippen molar-refractivity contribution in [3.63, 3.8) is 0 Å². The highest BCUT2D eigenvalue weighted by molar-refractivity contribution is 6.11. The van der Waals surface area contributed by atoms with E-state index in [2.05, 4.69) is 21.3 Å². The molecule has 0 unspecified atom stereocenters. The third-order valence-corrected chi connectivity index (χ3v) is 7.88. The van der Waals surface area contributed by atoms with E-state index in [-0.39, 0.29) is 40.1 Å². The molecule has 5 aromatic rings. The van der Waals surface area contributed by atoms with E-state index in [9.17, 15) is 39.0 Å². The average molecular weight is 685 g/mol. The Hall–Kier alpha value is -7.08. The lowest BCUT2D eigenvalue weighted by Crippen LogP contribution is -2.17. The van der Waals surface area contributed by atoms with Crippen molar-refractivity contribution in [2.75, 3.05) is 28.3 Å². The fraction of sp³-hybridized carbons (Fsp3) is 0.0769. The molecule has 6 N–H and O–H groups in total. The highest BCUT2D eigenvalue weighted by Gasteiger charge is 2.19. The first-order valence-corrected chi connectivity index (χ1v) is 15.6. The summed E-state index contributed by atoms with van der Waals surface area (Å²) in [7, 11) is 1.78. The van der Waals surface area contributed by atoms with Crippen LogP contribution in [0.1, 0.15) is 80.2 Å². The van der Waals surface area contributed by atoms with Gasteiger partial charge in [0, 0.05) is 46.5 Å². The van der Waals surface area contributed by atoms with Gasteiger partial charge in [-0.25, -0.2) is 9.59 Å². The van der Waals surface area contributed by atoms with Crippen molar-refractivity contribution < 1.29 is 39.0 Å². The van der Waals surface area contributed by atoms with E-state index in [4.69, 9.17) is 0 Å². The molecular weight excluding hydrogens is 652 g/mol. The Kier molecular flexibility index (Phi) is 10.7. The monoisotopic (exact) mass is 684 g/mol. The maximum absolute atomic E-state index is 13.1. The van der Waals surface area contributed by atoms with Crippen molar-refractivity contribution >= 4 is 58.2 Å². The molecule has 0 heterocycles. The summed E-state index contributed by atoms with van der Waals surface area (Å²) in [4.78, 5) is 74.3. The predicted octanol–water partition coefficient (Wildman–Crippen LogP) is 6.68. The number of carboxylic acids is 2. The van der Waals surface area contributed by atoms with Crippen LogP contribution in [-0.2, 0) is 6.42 Å². The smallest absolute Gasteiger partial charge is 0.336 e. The molecule has 0 aliphatic rings. The lowest BCUT2D eigenvalue weighted by molar-refractivity contribution is 0.0683. The van der Waals surface area contributed by atoms with E-state index in [0.29, 0.717) is 33.8 Å². The van der Waals surface area contributed by atoms with E-state index < -0.39 is 29.5 Å². The van der Waals surface area contributed by atoms with Gasteiger partial charge < -0.3 is 31.5 Å². The number of hydrogen-bond acceptors (Lipinski definition) is 7. The van der Waals surface area contributed by atoms with Crippen LogP contribution in [0.4, 0.5) is 22.7 Å². The fourth-order valence-electron chi connectivity index (χ4n) is 5.27. The molecule has 256 valence electrons. The lowest BCUT2D eigenvalue weighted by atomic mass is 9.95. The van der Waals surface area contributed by atoms with Crippen molar-refractivity contribution in [1.82, 2.24) is 0 Å². The molecule has 12 nitrogen and oxygen atoms in total. The lowest BCUT2D eigenvalue weighted by Gasteiger charge is -2.12. The molecule has 0 aliphatic carbocycles. The summed E-state index contributed by atoms with van der Waals surface area (Å²) >= 11 is 0. The topological polar surface area (TPSA) is 191 Å². The van der Waals surface area contributed by atoms with E-state index in [0.717, 1.165) is 5.69 Å². The summed E-state index contributed by atoms with van der Waals surface area (Å²) in [5.74, 6) is -4.41. The Morgan fingerprint density at radius 2 is 0.941 bits per heavy atom. The van der Waals surface area contributed by atoms with Gasteiger partial charge in [-0.3, -0.25) is 19.2 Å². The van der Waals surface area contributed by atoms with E-state index in [1.165, 1.54) is 55.5 Å². The number of amides is 3. The maximum Gasteiger partial charge on any atom is 0.336 e. The van der Waals surface area contributed by atoms with Crippen LogP contribution in [-0.4, -0.2) is 52.7 Å². The minimum absolute atomic E-state index is 0.0678. The van der Waals surface area contributed by atoms with Crippen molar-refractivity contribution in [2.24, 2.45) is 0 Å². The molecule has 5 aromatic carbocycles. The fourth-order valence-corrected chi connectivity index (χ4v) is 5.27. The van der Waals surface area contributed by atoms with Gasteiger partial charge in [0.25, 0.3) is 17.7 Å². The van der Waals surface area contributed by atoms with Crippen LogP contribution in [0.3, 0.4) is 0 Å². The maximum atomic E-state index is 13.1. The number of carbonyl (C=O) groups excluding carboxylic acids is 4. The molecule has 12 heteroatoms. The molecule has 0 atom stereocenters. The van der Waals surface area contributed by atoms with Crippen LogP contribution in [0.25, 0.3) is 0 Å². The van der Waals surface area contributed by atoms with Crippen LogP contribution in [0.2, 0.25) is 0 Å². The summed E-state index contributed by atoms with van der Waals surface area (Å²) in [6, 6.07) is 28.3. The van der Waals surface area contributed by atoms with Gasteiger partial charge in [-0.2, -0.15) is 0 Å². The van der Waals surface area contributed by atoms with Gasteiger partial charge >= 0.3 is 11.9 Å². The third-order valence-electron chi connectivity index (χ3n) is 7.88. The quantitative estimate of drug-likeness (QED) is 0.0779. The second-order valence-corrected chi connectivity index (χ2v) is 11.5. The number of nitrogens with one attached hydrogen (secondary N) is 4. The highest BCUT2D eigenvalue weighted by Crippen LogP contribution is 2.22. The Labute approximate surface area is 292 Å². The van der Waals surface area contributed by atoms with Crippen LogP contribution in [0.5, 0.6) is 0 Å². The minimum atomic E-state index is -1.33. The predicted molar refractivity (Wildman–Crippen MR) is 192 cm³/mol. The number of aromatic carboxylic acids is 2. The molecule has 0 aromatic heterocycles. The summed E-state index contributed by atoms with van der Waals surface area (Å²) in [6.45, 7) is 1.27. The van der Waals surface area contributed by atoms with Gasteiger partial charge in [0.15, 0.2) is 5.78 Å². The van der Waals surface area contributed by atoms with Gasteiger partial charge in [0.2, 0.25) is 0 Å². The number of Topliss-reactive ketones (excluding diaryl/α,β-unsaturated/α-hetero) is 1. The molecule has 0 saturated carbocycles. The van der Waals surface area contributed by atoms with E-state index >= 15 is 0 Å². The zero-order chi connectivity index (χ0) is 36.7. The van der Waals surface area contributed by atoms with Crippen molar-refractivity contribution in [3.05, 3.63) is 154 Å². The van der Waals surface area contributed by atoms with Crippen LogP contribution in [0, 0.1) is 0 Å². The minimum Gasteiger partial charge on any atom is -0.478 e. The molecule has 0 bridgehead atoms. The van der Waals surface area contributed by atoms with Gasteiger partial charge in [-0.05, 0) is 109 Å². The molecule has 51 heavy (non-hydrogen) atoms. The molecular formula is C39H32N4O8. The average Bonchev–Trinajstić information content (AvgIpc) is 3.11. The normalized spacial score (nSPS) is 10.5.